The van der Waals surface area contributed by atoms with Crippen LogP contribution in [0.25, 0.3) is 0 Å². The van der Waals surface area contributed by atoms with E-state index in [9.17, 15) is 71.1 Å². The summed E-state index contributed by atoms with van der Waals surface area (Å²) in [4.78, 5) is 95.6. The molecular weight excluding hydrogens is 1070 g/mol. The number of hydrogen-bond donors (Lipinski definition) is 12. The van der Waals surface area contributed by atoms with E-state index in [4.69, 9.17) is 57.8 Å². The van der Waals surface area contributed by atoms with Gasteiger partial charge in [-0.3, -0.25) is 69.7 Å². The third-order valence-corrected chi connectivity index (χ3v) is 16.3. The van der Waals surface area contributed by atoms with Gasteiger partial charge in [-0.05, 0) is 24.0 Å². The smallest absolute Gasteiger partial charge is 0.353 e. The first-order chi connectivity index (χ1) is 32.4. The van der Waals surface area contributed by atoms with E-state index in [1.165, 1.54) is 4.90 Å². The van der Waals surface area contributed by atoms with Crippen LogP contribution < -0.4 is 0 Å². The zero-order valence-electron chi connectivity index (χ0n) is 36.7. The minimum Gasteiger partial charge on any atom is -0.481 e. The summed E-state index contributed by atoms with van der Waals surface area (Å²) in [6, 6.07) is 18.2. The average molecular weight is 1120 g/mol. The van der Waals surface area contributed by atoms with Crippen molar-refractivity contribution in [3.63, 3.8) is 0 Å². The molecule has 12 N–H and O–H groups in total. The number of carbonyl (C=O) groups is 3. The molecule has 0 bridgehead atoms. The molecule has 6 unspecified atom stereocenters. The fourth-order valence-corrected chi connectivity index (χ4v) is 12.1. The number of piperidine rings is 2. The molecule has 0 radical (unpaired) electrons. The second-order valence-corrected chi connectivity index (χ2v) is 26.3. The third-order valence-electron chi connectivity index (χ3n) is 9.65. The Kier molecular flexibility index (Phi) is 24.0. The molecule has 2 aliphatic rings. The first-order valence-electron chi connectivity index (χ1n) is 20.4. The van der Waals surface area contributed by atoms with Crippen LogP contribution in [0.1, 0.15) is 11.1 Å². The number of rotatable bonds is 27. The highest BCUT2D eigenvalue weighted by Crippen LogP contribution is 2.53. The van der Waals surface area contributed by atoms with Gasteiger partial charge in [-0.15, -0.1) is 0 Å². The Morgan fingerprint density at radius 3 is 0.943 bits per heavy atom. The zero-order valence-corrected chi connectivity index (χ0v) is 42.1. The van der Waals surface area contributed by atoms with Crippen LogP contribution in [0.2, 0.25) is 0 Å². The number of carboxylic acids is 3. The fraction of sp³-hybridized carbons (Fsp3) is 0.571. The van der Waals surface area contributed by atoms with Gasteiger partial charge in [0.05, 0.1) is 0 Å². The summed E-state index contributed by atoms with van der Waals surface area (Å²) < 4.78 is 104. The minimum absolute atomic E-state index is 0.123. The number of likely N-dealkylation sites (tertiary alicyclic amines) is 2. The van der Waals surface area contributed by atoms with Crippen molar-refractivity contribution in [1.82, 2.24) is 9.80 Å². The number of aliphatic carboxylic acids is 3. The van der Waals surface area contributed by atoms with Crippen molar-refractivity contribution in [2.45, 2.75) is 49.5 Å². The zero-order chi connectivity index (χ0) is 52.7. The predicted octanol–water partition coefficient (Wildman–Crippen LogP) is 0.616. The van der Waals surface area contributed by atoms with Crippen LogP contribution in [0.3, 0.4) is 0 Å². The number of hydrogen-bond acceptors (Lipinski definition) is 20. The summed E-state index contributed by atoms with van der Waals surface area (Å²) in [7, 11) is -28.6. The summed E-state index contributed by atoms with van der Waals surface area (Å²) >= 11 is 0. The SMILES string of the molecule is O=C(O)CP(=O)(O)OC1[C@H](OP(=O)(O)CC(=O)O)CN(CCc2ccccc2)C[C@H]1OP(=O)(O)CC(=O)O.O=P(O)(CO)OC1[C@H](OP(=O)(O)CO)CN(CCc2ccccc2)C[C@H]1OP(=O)(O)CO. The normalized spacial score (nSPS) is 26.3. The number of nitrogens with zero attached hydrogens (tertiary/aromatic N) is 2. The first-order valence-corrected chi connectivity index (χ1v) is 31.0. The van der Waals surface area contributed by atoms with Crippen LogP contribution in [0.4, 0.5) is 0 Å². The number of carboxylic acid groups (broad SMARTS) is 3. The van der Waals surface area contributed by atoms with Crippen molar-refractivity contribution in [3.8, 4) is 0 Å². The van der Waals surface area contributed by atoms with Gasteiger partial charge in [0, 0.05) is 39.3 Å². The van der Waals surface area contributed by atoms with Crippen molar-refractivity contribution in [3.05, 3.63) is 71.8 Å². The van der Waals surface area contributed by atoms with Gasteiger partial charge >= 0.3 is 63.5 Å². The second kappa shape index (κ2) is 27.2. The van der Waals surface area contributed by atoms with Crippen molar-refractivity contribution in [2.24, 2.45) is 0 Å². The van der Waals surface area contributed by atoms with Gasteiger partial charge in [0.2, 0.25) is 0 Å². The monoisotopic (exact) mass is 1120 g/mol. The average Bonchev–Trinajstić information content (AvgIpc) is 3.23. The highest BCUT2D eigenvalue weighted by atomic mass is 31.2. The highest BCUT2D eigenvalue weighted by molar-refractivity contribution is 7.55. The second-order valence-electron chi connectivity index (χ2n) is 15.6. The molecule has 2 aliphatic heterocycles. The topological polar surface area (TPSA) is 458 Å². The summed E-state index contributed by atoms with van der Waals surface area (Å²) in [5.74, 6) is -5.17. The van der Waals surface area contributed by atoms with E-state index in [2.05, 4.69) is 0 Å². The Bertz CT molecular complexity index is 2250. The van der Waals surface area contributed by atoms with Crippen LogP contribution >= 0.6 is 45.6 Å². The van der Waals surface area contributed by atoms with E-state index < -0.39 is 138 Å². The Morgan fingerprint density at radius 2 is 0.671 bits per heavy atom. The molecule has 35 heteroatoms. The van der Waals surface area contributed by atoms with Gasteiger partial charge in [-0.25, -0.2) is 0 Å². The molecule has 70 heavy (non-hydrogen) atoms. The van der Waals surface area contributed by atoms with Crippen molar-refractivity contribution in [1.29, 1.82) is 0 Å². The summed E-state index contributed by atoms with van der Waals surface area (Å²) in [6.07, 6.45) is -17.0. The third kappa shape index (κ3) is 22.8. The van der Waals surface area contributed by atoms with Gasteiger partial charge in [-0.1, -0.05) is 60.7 Å². The lowest BCUT2D eigenvalue weighted by Crippen LogP contribution is -2.57. The lowest BCUT2D eigenvalue weighted by molar-refractivity contribution is -0.136. The van der Waals surface area contributed by atoms with Crippen molar-refractivity contribution < 1.29 is 129 Å². The lowest BCUT2D eigenvalue weighted by Gasteiger charge is -2.43. The molecule has 2 aromatic rings. The van der Waals surface area contributed by atoms with E-state index in [0.29, 0.717) is 19.4 Å². The van der Waals surface area contributed by atoms with Crippen LogP contribution in [0.5, 0.6) is 0 Å². The summed E-state index contributed by atoms with van der Waals surface area (Å²) in [5, 5.41) is 54.1. The standard InChI is InChI=1S/C19H28NO15P3.C16H28NO12P3/c21-16(22)10-36(27,28)33-14-8-20(7-6-13-4-2-1-3-5-13)9-15(34-37(29,30)11-17(23)24)19(14)35-38(31,32)12-18(25)26;18-10-30(21,22)27-14-8-17(7-6-13-4-2-1-3-5-13)9-15(28-31(23,24)11-19)16(14)29-32(25,26)12-20/h1-5,14-15,19H,6-12H2,(H,21,22)(H,23,24)(H,25,26)(H,27,28)(H,29,30)(H,31,32);1-5,14-16,18-20H,6-12H2,(H,21,22)(H,23,24)(H,25,26)/t2*14-,15-/m11/s1. The van der Waals surface area contributed by atoms with Crippen molar-refractivity contribution >= 4 is 63.5 Å². The number of aliphatic hydroxyl groups is 3. The summed E-state index contributed by atoms with van der Waals surface area (Å²) in [6.45, 7) is -0.375. The van der Waals surface area contributed by atoms with E-state index in [1.54, 1.807) is 35.2 Å². The molecule has 0 amide bonds. The van der Waals surface area contributed by atoms with Crippen LogP contribution in [-0.2, 0) is 81.8 Å². The van der Waals surface area contributed by atoms with Gasteiger partial charge in [0.15, 0.2) is 0 Å². The molecule has 0 saturated carbocycles. The van der Waals surface area contributed by atoms with Crippen LogP contribution in [-0.4, -0.2) is 201 Å². The lowest BCUT2D eigenvalue weighted by atomic mass is 10.0. The van der Waals surface area contributed by atoms with Crippen LogP contribution in [0.15, 0.2) is 60.7 Å². The predicted molar refractivity (Wildman–Crippen MR) is 240 cm³/mol. The maximum absolute atomic E-state index is 12.4. The van der Waals surface area contributed by atoms with Crippen molar-refractivity contribution in [2.75, 3.05) is 76.8 Å². The highest BCUT2D eigenvalue weighted by Gasteiger charge is 2.49. The van der Waals surface area contributed by atoms with Gasteiger partial charge < -0.3 is 69.0 Å². The quantitative estimate of drug-likeness (QED) is 0.0545. The molecule has 4 rings (SSSR count). The Morgan fingerprint density at radius 1 is 0.429 bits per heavy atom. The van der Waals surface area contributed by atoms with E-state index in [-0.39, 0.29) is 32.7 Å². The number of aliphatic hydroxyl groups excluding tert-OH is 3. The maximum atomic E-state index is 12.4. The maximum Gasteiger partial charge on any atom is 0.353 e. The Balaban J connectivity index is 0.000000376. The molecule has 2 fully saturated rings. The molecular formula is C35H56N2O27P6. The van der Waals surface area contributed by atoms with E-state index >= 15 is 0 Å². The fourth-order valence-electron chi connectivity index (χ4n) is 6.89. The molecule has 2 aromatic carbocycles. The molecule has 2 heterocycles. The van der Waals surface area contributed by atoms with Gasteiger partial charge in [0.1, 0.15) is 74.2 Å². The van der Waals surface area contributed by atoms with E-state index in [0.717, 1.165) is 11.1 Å². The molecule has 0 aliphatic carbocycles. The number of benzene rings is 2. The molecule has 0 spiro atoms. The molecule has 2 saturated heterocycles. The Hall–Kier alpha value is -2.45. The molecule has 398 valence electrons. The van der Waals surface area contributed by atoms with Gasteiger partial charge in [-0.2, -0.15) is 0 Å². The molecule has 10 atom stereocenters. The largest absolute Gasteiger partial charge is 0.481 e. The molecule has 0 aromatic heterocycles. The minimum atomic E-state index is -5.01. The van der Waals surface area contributed by atoms with E-state index in [1.807, 2.05) is 30.3 Å². The molecule has 29 nitrogen and oxygen atoms in total. The van der Waals surface area contributed by atoms with Crippen LogP contribution in [0, 0.1) is 0 Å². The Labute approximate surface area is 399 Å². The van der Waals surface area contributed by atoms with Gasteiger partial charge in [0.25, 0.3) is 0 Å². The first kappa shape index (κ1) is 61.8. The summed E-state index contributed by atoms with van der Waals surface area (Å²) in [5.41, 5.74) is 1.83.